The third kappa shape index (κ3) is 3.66. The smallest absolute Gasteiger partial charge is 0.223 e. The molecule has 1 amide bonds. The zero-order valence-corrected chi connectivity index (χ0v) is 9.33. The first kappa shape index (κ1) is 11.5. The van der Waals surface area contributed by atoms with Crippen molar-refractivity contribution in [1.82, 2.24) is 4.90 Å². The van der Waals surface area contributed by atoms with Crippen LogP contribution in [0.1, 0.15) is 39.5 Å². The molecule has 0 aromatic carbocycles. The average molecular weight is 198 g/mol. The normalized spacial score (nSPS) is 16.0. The van der Waals surface area contributed by atoms with Crippen molar-refractivity contribution in [1.29, 1.82) is 0 Å². The summed E-state index contributed by atoms with van der Waals surface area (Å²) in [4.78, 5) is 13.8. The molecule has 1 rings (SSSR count). The largest absolute Gasteiger partial charge is 0.340 e. The SMILES string of the molecule is CC(C)N(CCCN)C(=O)CC1CC1. The van der Waals surface area contributed by atoms with Crippen molar-refractivity contribution in [3.63, 3.8) is 0 Å². The van der Waals surface area contributed by atoms with Gasteiger partial charge in [-0.15, -0.1) is 0 Å². The Kier molecular flexibility index (Phi) is 4.39. The summed E-state index contributed by atoms with van der Waals surface area (Å²) in [7, 11) is 0. The van der Waals surface area contributed by atoms with Gasteiger partial charge in [0.2, 0.25) is 5.91 Å². The van der Waals surface area contributed by atoms with Gasteiger partial charge in [-0.25, -0.2) is 0 Å². The molecule has 0 saturated heterocycles. The number of carbonyl (C=O) groups is 1. The monoisotopic (exact) mass is 198 g/mol. The Morgan fingerprint density at radius 2 is 2.14 bits per heavy atom. The van der Waals surface area contributed by atoms with Gasteiger partial charge in [-0.3, -0.25) is 4.79 Å². The minimum atomic E-state index is 0.313. The molecule has 0 atom stereocenters. The van der Waals surface area contributed by atoms with Crippen LogP contribution in [0.3, 0.4) is 0 Å². The van der Waals surface area contributed by atoms with Crippen molar-refractivity contribution >= 4 is 5.91 Å². The molecule has 0 aromatic rings. The molecule has 82 valence electrons. The van der Waals surface area contributed by atoms with Gasteiger partial charge < -0.3 is 10.6 Å². The predicted octanol–water partition coefficient (Wildman–Crippen LogP) is 1.37. The van der Waals surface area contributed by atoms with E-state index in [1.165, 1.54) is 12.8 Å². The predicted molar refractivity (Wildman–Crippen MR) is 57.9 cm³/mol. The molecule has 0 bridgehead atoms. The molecular formula is C11H22N2O. The van der Waals surface area contributed by atoms with Crippen molar-refractivity contribution in [2.45, 2.75) is 45.6 Å². The van der Waals surface area contributed by atoms with Gasteiger partial charge in [0.1, 0.15) is 0 Å². The summed E-state index contributed by atoms with van der Waals surface area (Å²) in [5.41, 5.74) is 5.45. The third-order valence-electron chi connectivity index (χ3n) is 2.71. The van der Waals surface area contributed by atoms with Crippen LogP contribution in [0.15, 0.2) is 0 Å². The number of rotatable bonds is 6. The second kappa shape index (κ2) is 5.35. The fourth-order valence-electron chi connectivity index (χ4n) is 1.62. The van der Waals surface area contributed by atoms with Crippen LogP contribution >= 0.6 is 0 Å². The zero-order valence-electron chi connectivity index (χ0n) is 9.33. The quantitative estimate of drug-likeness (QED) is 0.700. The lowest BCUT2D eigenvalue weighted by Crippen LogP contribution is -2.38. The van der Waals surface area contributed by atoms with E-state index >= 15 is 0 Å². The van der Waals surface area contributed by atoms with E-state index in [0.29, 0.717) is 24.4 Å². The van der Waals surface area contributed by atoms with E-state index in [0.717, 1.165) is 19.4 Å². The van der Waals surface area contributed by atoms with Gasteiger partial charge in [-0.1, -0.05) is 0 Å². The zero-order chi connectivity index (χ0) is 10.6. The van der Waals surface area contributed by atoms with E-state index < -0.39 is 0 Å². The summed E-state index contributed by atoms with van der Waals surface area (Å²) < 4.78 is 0. The molecule has 3 nitrogen and oxygen atoms in total. The molecule has 0 radical (unpaired) electrons. The lowest BCUT2D eigenvalue weighted by atomic mass is 10.2. The van der Waals surface area contributed by atoms with Crippen LogP contribution in [0.25, 0.3) is 0 Å². The van der Waals surface area contributed by atoms with Crippen LogP contribution in [-0.4, -0.2) is 29.9 Å². The molecule has 1 aliphatic rings. The van der Waals surface area contributed by atoms with Crippen LogP contribution in [0.2, 0.25) is 0 Å². The minimum absolute atomic E-state index is 0.313. The average Bonchev–Trinajstić information content (AvgIpc) is 2.88. The Morgan fingerprint density at radius 3 is 2.57 bits per heavy atom. The molecule has 0 unspecified atom stereocenters. The van der Waals surface area contributed by atoms with Gasteiger partial charge in [-0.2, -0.15) is 0 Å². The van der Waals surface area contributed by atoms with Gasteiger partial charge in [0.25, 0.3) is 0 Å². The van der Waals surface area contributed by atoms with Gasteiger partial charge in [0.15, 0.2) is 0 Å². The highest BCUT2D eigenvalue weighted by Gasteiger charge is 2.27. The lowest BCUT2D eigenvalue weighted by molar-refractivity contribution is -0.133. The lowest BCUT2D eigenvalue weighted by Gasteiger charge is -2.26. The topological polar surface area (TPSA) is 46.3 Å². The third-order valence-corrected chi connectivity index (χ3v) is 2.71. The maximum absolute atomic E-state index is 11.8. The highest BCUT2D eigenvalue weighted by Crippen LogP contribution is 2.33. The molecular weight excluding hydrogens is 176 g/mol. The standard InChI is InChI=1S/C11H22N2O/c1-9(2)13(7-3-6-12)11(14)8-10-4-5-10/h9-10H,3-8,12H2,1-2H3. The first-order chi connectivity index (χ1) is 6.65. The van der Waals surface area contributed by atoms with E-state index in [4.69, 9.17) is 5.73 Å². The number of carbonyl (C=O) groups excluding carboxylic acids is 1. The van der Waals surface area contributed by atoms with Crippen LogP contribution in [-0.2, 0) is 4.79 Å². The summed E-state index contributed by atoms with van der Waals surface area (Å²) in [5.74, 6) is 0.998. The van der Waals surface area contributed by atoms with Crippen molar-refractivity contribution in [3.8, 4) is 0 Å². The summed E-state index contributed by atoms with van der Waals surface area (Å²) in [5, 5.41) is 0. The van der Waals surface area contributed by atoms with E-state index in [1.54, 1.807) is 0 Å². The number of nitrogens with zero attached hydrogens (tertiary/aromatic N) is 1. The Balaban J connectivity index is 2.34. The highest BCUT2D eigenvalue weighted by molar-refractivity contribution is 5.77. The van der Waals surface area contributed by atoms with E-state index in [2.05, 4.69) is 13.8 Å². The second-order valence-electron chi connectivity index (χ2n) is 4.47. The van der Waals surface area contributed by atoms with Crippen molar-refractivity contribution in [2.24, 2.45) is 11.7 Å². The summed E-state index contributed by atoms with van der Waals surface area (Å²) in [6, 6.07) is 0.313. The maximum Gasteiger partial charge on any atom is 0.223 e. The minimum Gasteiger partial charge on any atom is -0.340 e. The van der Waals surface area contributed by atoms with Crippen LogP contribution < -0.4 is 5.73 Å². The number of amides is 1. The summed E-state index contributed by atoms with van der Waals surface area (Å²) in [6.07, 6.45) is 4.15. The Labute approximate surface area is 86.6 Å². The number of hydrogen-bond donors (Lipinski definition) is 1. The fourth-order valence-corrected chi connectivity index (χ4v) is 1.62. The van der Waals surface area contributed by atoms with Crippen molar-refractivity contribution in [3.05, 3.63) is 0 Å². The van der Waals surface area contributed by atoms with Gasteiger partial charge in [0.05, 0.1) is 0 Å². The Hall–Kier alpha value is -0.570. The number of hydrogen-bond acceptors (Lipinski definition) is 2. The Bertz CT molecular complexity index is 188. The first-order valence-electron chi connectivity index (χ1n) is 5.64. The van der Waals surface area contributed by atoms with Crippen LogP contribution in [0.5, 0.6) is 0 Å². The first-order valence-corrected chi connectivity index (χ1v) is 5.64. The molecule has 2 N–H and O–H groups in total. The van der Waals surface area contributed by atoms with E-state index in [1.807, 2.05) is 4.90 Å². The van der Waals surface area contributed by atoms with E-state index in [-0.39, 0.29) is 0 Å². The number of nitrogens with two attached hydrogens (primary N) is 1. The van der Waals surface area contributed by atoms with Crippen LogP contribution in [0, 0.1) is 5.92 Å². The van der Waals surface area contributed by atoms with Crippen molar-refractivity contribution in [2.75, 3.05) is 13.1 Å². The summed E-state index contributed by atoms with van der Waals surface area (Å²) >= 11 is 0. The highest BCUT2D eigenvalue weighted by atomic mass is 16.2. The molecule has 0 aromatic heterocycles. The van der Waals surface area contributed by atoms with Gasteiger partial charge >= 0.3 is 0 Å². The molecule has 0 aliphatic heterocycles. The summed E-state index contributed by atoms with van der Waals surface area (Å²) in [6.45, 7) is 5.63. The molecule has 14 heavy (non-hydrogen) atoms. The molecule has 0 spiro atoms. The molecule has 1 saturated carbocycles. The fraction of sp³-hybridized carbons (Fsp3) is 0.909. The van der Waals surface area contributed by atoms with E-state index in [9.17, 15) is 4.79 Å². The van der Waals surface area contributed by atoms with Gasteiger partial charge in [-0.05, 0) is 45.6 Å². The molecule has 1 fully saturated rings. The molecule has 1 aliphatic carbocycles. The maximum atomic E-state index is 11.8. The van der Waals surface area contributed by atoms with Crippen LogP contribution in [0.4, 0.5) is 0 Å². The molecule has 0 heterocycles. The van der Waals surface area contributed by atoms with Crippen molar-refractivity contribution < 1.29 is 4.79 Å². The van der Waals surface area contributed by atoms with Gasteiger partial charge in [0, 0.05) is 19.0 Å². The molecule has 3 heteroatoms. The Morgan fingerprint density at radius 1 is 1.50 bits per heavy atom. The second-order valence-corrected chi connectivity index (χ2v) is 4.47.